The number of carbonyl (C=O) groups excluding carboxylic acids is 2. The standard InChI is InChI=1S/C21H19NO4S/c23-16-8-6-7-15(13-16)21(24)19-14-22(20-12-5-4-11-18(19)20)27(25,26)17-9-2-1-3-10-17/h1-5,9-12,14-15H,6-8,13H2. The van der Waals surface area contributed by atoms with Crippen LogP contribution in [0.2, 0.25) is 0 Å². The first-order valence-electron chi connectivity index (χ1n) is 8.95. The van der Waals surface area contributed by atoms with Crippen LogP contribution in [0.3, 0.4) is 0 Å². The van der Waals surface area contributed by atoms with E-state index in [0.29, 0.717) is 35.7 Å². The number of rotatable bonds is 4. The number of aromatic nitrogens is 1. The SMILES string of the molecule is O=C1CCCC(C(=O)c2cn(S(=O)(=O)c3ccccc3)c3ccccc23)C1. The average molecular weight is 381 g/mol. The summed E-state index contributed by atoms with van der Waals surface area (Å²) in [7, 11) is -3.82. The zero-order chi connectivity index (χ0) is 19.0. The first kappa shape index (κ1) is 17.7. The van der Waals surface area contributed by atoms with E-state index in [-0.39, 0.29) is 28.8 Å². The maximum Gasteiger partial charge on any atom is 0.268 e. The van der Waals surface area contributed by atoms with Gasteiger partial charge < -0.3 is 0 Å². The van der Waals surface area contributed by atoms with E-state index >= 15 is 0 Å². The summed E-state index contributed by atoms with van der Waals surface area (Å²) >= 11 is 0. The molecule has 27 heavy (non-hydrogen) atoms. The molecule has 0 N–H and O–H groups in total. The Labute approximate surface area is 157 Å². The number of fused-ring (bicyclic) bond motifs is 1. The van der Waals surface area contributed by atoms with Gasteiger partial charge in [0.05, 0.1) is 10.4 Å². The highest BCUT2D eigenvalue weighted by Crippen LogP contribution is 2.31. The molecule has 0 saturated heterocycles. The molecular weight excluding hydrogens is 362 g/mol. The number of hydrogen-bond acceptors (Lipinski definition) is 4. The van der Waals surface area contributed by atoms with Crippen LogP contribution in [0.15, 0.2) is 65.7 Å². The zero-order valence-corrected chi connectivity index (χ0v) is 15.5. The van der Waals surface area contributed by atoms with Crippen molar-refractivity contribution >= 4 is 32.5 Å². The first-order valence-corrected chi connectivity index (χ1v) is 10.4. The van der Waals surface area contributed by atoms with E-state index in [4.69, 9.17) is 0 Å². The van der Waals surface area contributed by atoms with Crippen molar-refractivity contribution in [1.82, 2.24) is 3.97 Å². The van der Waals surface area contributed by atoms with Crippen molar-refractivity contribution in [1.29, 1.82) is 0 Å². The molecule has 1 aliphatic carbocycles. The van der Waals surface area contributed by atoms with Crippen molar-refractivity contribution in [2.24, 2.45) is 5.92 Å². The molecular formula is C21H19NO4S. The quantitative estimate of drug-likeness (QED) is 0.644. The molecule has 0 bridgehead atoms. The summed E-state index contributed by atoms with van der Waals surface area (Å²) in [6.45, 7) is 0. The summed E-state index contributed by atoms with van der Waals surface area (Å²) in [6, 6.07) is 15.1. The van der Waals surface area contributed by atoms with Gasteiger partial charge in [-0.1, -0.05) is 36.4 Å². The Bertz CT molecular complexity index is 1130. The lowest BCUT2D eigenvalue weighted by molar-refractivity contribution is -0.121. The maximum atomic E-state index is 13.1. The Balaban J connectivity index is 1.85. The molecule has 6 heteroatoms. The fraction of sp³-hybridized carbons (Fsp3) is 0.238. The van der Waals surface area contributed by atoms with Gasteiger partial charge in [0, 0.05) is 35.9 Å². The van der Waals surface area contributed by atoms with Gasteiger partial charge in [-0.3, -0.25) is 9.59 Å². The molecule has 3 aromatic rings. The van der Waals surface area contributed by atoms with Crippen molar-refractivity contribution in [2.75, 3.05) is 0 Å². The molecule has 0 spiro atoms. The van der Waals surface area contributed by atoms with E-state index in [9.17, 15) is 18.0 Å². The smallest absolute Gasteiger partial charge is 0.268 e. The average Bonchev–Trinajstić information content (AvgIpc) is 3.08. The minimum atomic E-state index is -3.82. The Morgan fingerprint density at radius 3 is 2.44 bits per heavy atom. The Morgan fingerprint density at radius 2 is 1.70 bits per heavy atom. The van der Waals surface area contributed by atoms with Gasteiger partial charge in [-0.15, -0.1) is 0 Å². The van der Waals surface area contributed by atoms with Crippen molar-refractivity contribution in [3.63, 3.8) is 0 Å². The minimum absolute atomic E-state index is 0.0974. The third-order valence-corrected chi connectivity index (χ3v) is 6.78. The fourth-order valence-electron chi connectivity index (χ4n) is 3.72. The molecule has 0 amide bonds. The predicted octanol–water partition coefficient (Wildman–Crippen LogP) is 3.82. The number of carbonyl (C=O) groups is 2. The van der Waals surface area contributed by atoms with Crippen molar-refractivity contribution in [3.8, 4) is 0 Å². The number of benzene rings is 2. The van der Waals surface area contributed by atoms with E-state index in [1.807, 2.05) is 0 Å². The highest BCUT2D eigenvalue weighted by atomic mass is 32.2. The molecule has 1 unspecified atom stereocenters. The van der Waals surface area contributed by atoms with Gasteiger partial charge in [0.1, 0.15) is 5.78 Å². The van der Waals surface area contributed by atoms with Gasteiger partial charge in [-0.25, -0.2) is 12.4 Å². The highest BCUT2D eigenvalue weighted by molar-refractivity contribution is 7.90. The summed E-state index contributed by atoms with van der Waals surface area (Å²) in [6.07, 6.45) is 3.54. The van der Waals surface area contributed by atoms with E-state index in [1.165, 1.54) is 22.3 Å². The lowest BCUT2D eigenvalue weighted by Gasteiger charge is -2.19. The normalized spacial score (nSPS) is 17.9. The summed E-state index contributed by atoms with van der Waals surface area (Å²) in [4.78, 5) is 25.0. The van der Waals surface area contributed by atoms with Gasteiger partial charge in [0.2, 0.25) is 0 Å². The number of hydrogen-bond donors (Lipinski definition) is 0. The summed E-state index contributed by atoms with van der Waals surface area (Å²) in [5.74, 6) is -0.425. The van der Waals surface area contributed by atoms with E-state index in [0.717, 1.165) is 0 Å². The predicted molar refractivity (Wildman–Crippen MR) is 102 cm³/mol. The van der Waals surface area contributed by atoms with Gasteiger partial charge in [0.15, 0.2) is 5.78 Å². The maximum absolute atomic E-state index is 13.1. The second kappa shape index (κ2) is 6.78. The van der Waals surface area contributed by atoms with Gasteiger partial charge in [0.25, 0.3) is 10.0 Å². The van der Waals surface area contributed by atoms with E-state index < -0.39 is 10.0 Å². The van der Waals surface area contributed by atoms with E-state index in [2.05, 4.69) is 0 Å². The van der Waals surface area contributed by atoms with Crippen LogP contribution in [0.25, 0.3) is 10.9 Å². The summed E-state index contributed by atoms with van der Waals surface area (Å²) in [5.41, 5.74) is 0.830. The lowest BCUT2D eigenvalue weighted by Crippen LogP contribution is -2.23. The van der Waals surface area contributed by atoms with Crippen molar-refractivity contribution in [2.45, 2.75) is 30.6 Å². The number of nitrogens with zero attached hydrogens (tertiary/aromatic N) is 1. The van der Waals surface area contributed by atoms with Gasteiger partial charge >= 0.3 is 0 Å². The Morgan fingerprint density at radius 1 is 1.00 bits per heavy atom. The number of para-hydroxylation sites is 1. The summed E-state index contributed by atoms with van der Waals surface area (Å²) in [5, 5.41) is 0.597. The van der Waals surface area contributed by atoms with Crippen LogP contribution in [0.1, 0.15) is 36.0 Å². The number of ketones is 2. The molecule has 5 nitrogen and oxygen atoms in total. The lowest BCUT2D eigenvalue weighted by atomic mass is 9.83. The monoisotopic (exact) mass is 381 g/mol. The molecule has 0 aliphatic heterocycles. The molecule has 1 atom stereocenters. The summed E-state index contributed by atoms with van der Waals surface area (Å²) < 4.78 is 27.4. The van der Waals surface area contributed by atoms with Crippen LogP contribution in [-0.4, -0.2) is 24.0 Å². The second-order valence-electron chi connectivity index (χ2n) is 6.87. The molecule has 1 fully saturated rings. The van der Waals surface area contributed by atoms with Crippen molar-refractivity contribution < 1.29 is 18.0 Å². The van der Waals surface area contributed by atoms with Crippen LogP contribution in [0.5, 0.6) is 0 Å². The second-order valence-corrected chi connectivity index (χ2v) is 8.68. The molecule has 1 aromatic heterocycles. The number of Topliss-reactive ketones (excluding diaryl/α,β-unsaturated/α-hetero) is 2. The third kappa shape index (κ3) is 3.10. The largest absolute Gasteiger partial charge is 0.300 e. The van der Waals surface area contributed by atoms with Crippen LogP contribution < -0.4 is 0 Å². The van der Waals surface area contributed by atoms with Gasteiger partial charge in [-0.05, 0) is 31.0 Å². The molecule has 1 saturated carbocycles. The topological polar surface area (TPSA) is 73.2 Å². The Hall–Kier alpha value is -2.73. The van der Waals surface area contributed by atoms with Crippen LogP contribution >= 0.6 is 0 Å². The van der Waals surface area contributed by atoms with E-state index in [1.54, 1.807) is 42.5 Å². The van der Waals surface area contributed by atoms with Crippen LogP contribution in [0, 0.1) is 5.92 Å². The molecule has 138 valence electrons. The zero-order valence-electron chi connectivity index (χ0n) is 14.7. The molecule has 2 aromatic carbocycles. The first-order chi connectivity index (χ1) is 13.0. The third-order valence-electron chi connectivity index (χ3n) is 5.10. The fourth-order valence-corrected chi connectivity index (χ4v) is 5.11. The minimum Gasteiger partial charge on any atom is -0.300 e. The van der Waals surface area contributed by atoms with Gasteiger partial charge in [-0.2, -0.15) is 0 Å². The molecule has 4 rings (SSSR count). The molecule has 0 radical (unpaired) electrons. The van der Waals surface area contributed by atoms with Crippen LogP contribution in [0.4, 0.5) is 0 Å². The highest BCUT2D eigenvalue weighted by Gasteiger charge is 2.30. The van der Waals surface area contributed by atoms with Crippen molar-refractivity contribution in [3.05, 3.63) is 66.4 Å². The molecule has 1 heterocycles. The molecule has 1 aliphatic rings. The Kier molecular flexibility index (Phi) is 4.44. The van der Waals surface area contributed by atoms with Crippen LogP contribution in [-0.2, 0) is 14.8 Å².